The maximum Gasteiger partial charge on any atom is 0.255 e. The Labute approximate surface area is 203 Å². The summed E-state index contributed by atoms with van der Waals surface area (Å²) in [4.78, 5) is 13.6. The minimum atomic E-state index is -0.571. The molecule has 1 amide bonds. The van der Waals surface area contributed by atoms with Crippen molar-refractivity contribution in [2.45, 2.75) is 33.4 Å². The summed E-state index contributed by atoms with van der Waals surface area (Å²) in [6.45, 7) is 6.28. The zero-order valence-electron chi connectivity index (χ0n) is 19.8. The second-order valence-corrected chi connectivity index (χ2v) is 8.54. The molecular weight excluding hydrogens is 440 g/mol. The molecule has 8 heteroatoms. The molecule has 0 bridgehead atoms. The molecule has 1 aromatic heterocycles. The number of carbonyl (C=O) groups is 1. The first-order valence-corrected chi connectivity index (χ1v) is 11.4. The first kappa shape index (κ1) is 22.3. The van der Waals surface area contributed by atoms with Gasteiger partial charge in [-0.25, -0.2) is 0 Å². The Morgan fingerprint density at radius 2 is 1.69 bits per heavy atom. The lowest BCUT2D eigenvalue weighted by molar-refractivity contribution is -0.113. The molecule has 176 valence electrons. The largest absolute Gasteiger partial charge is 0.489 e. The molecule has 8 nitrogen and oxygen atoms in total. The van der Waals surface area contributed by atoms with Crippen molar-refractivity contribution in [2.75, 3.05) is 10.6 Å². The van der Waals surface area contributed by atoms with Gasteiger partial charge in [0, 0.05) is 16.9 Å². The Hall–Kier alpha value is -4.46. The van der Waals surface area contributed by atoms with Gasteiger partial charge in [-0.3, -0.25) is 4.79 Å². The van der Waals surface area contributed by atoms with Crippen LogP contribution in [0.25, 0.3) is 0 Å². The van der Waals surface area contributed by atoms with Crippen molar-refractivity contribution >= 4 is 17.5 Å². The number of rotatable bonds is 6. The van der Waals surface area contributed by atoms with Crippen molar-refractivity contribution < 1.29 is 9.53 Å². The van der Waals surface area contributed by atoms with E-state index < -0.39 is 6.04 Å². The summed E-state index contributed by atoms with van der Waals surface area (Å²) in [6, 6.07) is 22.9. The van der Waals surface area contributed by atoms with Gasteiger partial charge in [0.2, 0.25) is 5.95 Å². The fourth-order valence-electron chi connectivity index (χ4n) is 4.26. The van der Waals surface area contributed by atoms with Crippen molar-refractivity contribution in [3.05, 3.63) is 106 Å². The number of benzene rings is 3. The fourth-order valence-corrected chi connectivity index (χ4v) is 4.26. The molecule has 0 radical (unpaired) electrons. The van der Waals surface area contributed by atoms with Gasteiger partial charge < -0.3 is 15.4 Å². The number of anilines is 2. The number of nitrogens with zero attached hydrogens (tertiary/aromatic N) is 4. The molecule has 5 rings (SSSR count). The van der Waals surface area contributed by atoms with Gasteiger partial charge in [0.05, 0.1) is 5.57 Å². The molecule has 1 aliphatic rings. The monoisotopic (exact) mass is 466 g/mol. The molecule has 35 heavy (non-hydrogen) atoms. The van der Waals surface area contributed by atoms with Crippen LogP contribution in [-0.2, 0) is 11.4 Å². The molecule has 1 unspecified atom stereocenters. The maximum atomic E-state index is 13.6. The number of aryl methyl sites for hydroxylation is 2. The standard InChI is InChI=1S/C27H26N6O2/c1-17-10-4-6-12-20(17)16-35-23-15-9-7-13-21(23)25-24(19(3)28-27-30-31-32-33(25)27)26(34)29-22-14-8-5-11-18(22)2/h4-15,25H,16H2,1-3H3,(H,29,34)(H,28,30,32). The Kier molecular flexibility index (Phi) is 6.01. The van der Waals surface area contributed by atoms with Crippen molar-refractivity contribution in [2.24, 2.45) is 0 Å². The summed E-state index contributed by atoms with van der Waals surface area (Å²) >= 11 is 0. The first-order chi connectivity index (χ1) is 17.0. The Balaban J connectivity index is 1.53. The zero-order chi connectivity index (χ0) is 24.4. The minimum absolute atomic E-state index is 0.232. The predicted molar refractivity (Wildman–Crippen MR) is 134 cm³/mol. The molecule has 0 saturated heterocycles. The third-order valence-corrected chi connectivity index (χ3v) is 6.21. The van der Waals surface area contributed by atoms with Crippen LogP contribution in [0.1, 0.15) is 35.2 Å². The van der Waals surface area contributed by atoms with E-state index in [0.717, 1.165) is 27.9 Å². The average molecular weight is 467 g/mol. The van der Waals surface area contributed by atoms with Crippen LogP contribution in [0, 0.1) is 13.8 Å². The van der Waals surface area contributed by atoms with E-state index in [1.165, 1.54) is 0 Å². The van der Waals surface area contributed by atoms with Gasteiger partial charge in [-0.2, -0.15) is 4.68 Å². The van der Waals surface area contributed by atoms with E-state index in [2.05, 4.69) is 39.1 Å². The highest BCUT2D eigenvalue weighted by Crippen LogP contribution is 2.39. The Morgan fingerprint density at radius 3 is 2.49 bits per heavy atom. The van der Waals surface area contributed by atoms with Crippen LogP contribution in [0.3, 0.4) is 0 Å². The molecular formula is C27H26N6O2. The van der Waals surface area contributed by atoms with E-state index in [1.54, 1.807) is 4.68 Å². The van der Waals surface area contributed by atoms with Gasteiger partial charge in [0.1, 0.15) is 18.4 Å². The molecule has 1 aliphatic heterocycles. The molecule has 1 atom stereocenters. The number of aromatic nitrogens is 4. The lowest BCUT2D eigenvalue weighted by Gasteiger charge is -2.29. The van der Waals surface area contributed by atoms with Crippen LogP contribution in [-0.4, -0.2) is 26.1 Å². The highest BCUT2D eigenvalue weighted by atomic mass is 16.5. The Morgan fingerprint density at radius 1 is 0.971 bits per heavy atom. The van der Waals surface area contributed by atoms with Crippen molar-refractivity contribution in [1.29, 1.82) is 0 Å². The summed E-state index contributed by atoms with van der Waals surface area (Å²) in [5.74, 6) is 0.899. The van der Waals surface area contributed by atoms with E-state index in [0.29, 0.717) is 29.6 Å². The van der Waals surface area contributed by atoms with Gasteiger partial charge in [-0.05, 0) is 60.0 Å². The van der Waals surface area contributed by atoms with E-state index in [1.807, 2.05) is 80.6 Å². The van der Waals surface area contributed by atoms with Crippen molar-refractivity contribution in [3.63, 3.8) is 0 Å². The molecule has 0 spiro atoms. The van der Waals surface area contributed by atoms with Crippen molar-refractivity contribution in [3.8, 4) is 5.75 Å². The normalized spacial score (nSPS) is 14.8. The minimum Gasteiger partial charge on any atom is -0.489 e. The summed E-state index contributed by atoms with van der Waals surface area (Å²) in [5, 5.41) is 18.4. The molecule has 2 heterocycles. The second kappa shape index (κ2) is 9.42. The molecule has 0 aliphatic carbocycles. The topological polar surface area (TPSA) is 94.0 Å². The highest BCUT2D eigenvalue weighted by Gasteiger charge is 2.35. The fraction of sp³-hybridized carbons (Fsp3) is 0.185. The number of carbonyl (C=O) groups excluding carboxylic acids is 1. The SMILES string of the molecule is CC1=C(C(=O)Nc2ccccc2C)C(c2ccccc2OCc2ccccc2C)n2nnnc2N1. The number of nitrogens with one attached hydrogen (secondary N) is 2. The summed E-state index contributed by atoms with van der Waals surface area (Å²) < 4.78 is 7.91. The third kappa shape index (κ3) is 4.38. The Bertz CT molecular complexity index is 1420. The van der Waals surface area contributed by atoms with Crippen LogP contribution in [0.15, 0.2) is 84.1 Å². The van der Waals surface area contributed by atoms with E-state index in [-0.39, 0.29) is 5.91 Å². The van der Waals surface area contributed by atoms with Gasteiger partial charge in [0.25, 0.3) is 5.91 Å². The highest BCUT2D eigenvalue weighted by molar-refractivity contribution is 6.06. The average Bonchev–Trinajstić information content (AvgIpc) is 3.32. The summed E-state index contributed by atoms with van der Waals surface area (Å²) in [5.41, 5.74) is 5.97. The number of amides is 1. The molecule has 3 aromatic carbocycles. The van der Waals surface area contributed by atoms with Gasteiger partial charge in [-0.15, -0.1) is 0 Å². The maximum absolute atomic E-state index is 13.6. The third-order valence-electron chi connectivity index (χ3n) is 6.21. The van der Waals surface area contributed by atoms with Gasteiger partial charge in [0.15, 0.2) is 0 Å². The molecule has 2 N–H and O–H groups in total. The van der Waals surface area contributed by atoms with E-state index in [4.69, 9.17) is 4.74 Å². The van der Waals surface area contributed by atoms with Gasteiger partial charge in [-0.1, -0.05) is 65.8 Å². The predicted octanol–water partition coefficient (Wildman–Crippen LogP) is 4.80. The number of para-hydroxylation sites is 2. The van der Waals surface area contributed by atoms with Crippen LogP contribution in [0.4, 0.5) is 11.6 Å². The lowest BCUT2D eigenvalue weighted by atomic mass is 9.94. The first-order valence-electron chi connectivity index (χ1n) is 11.4. The van der Waals surface area contributed by atoms with Crippen LogP contribution >= 0.6 is 0 Å². The van der Waals surface area contributed by atoms with Crippen LogP contribution in [0.5, 0.6) is 5.75 Å². The van der Waals surface area contributed by atoms with Crippen LogP contribution in [0.2, 0.25) is 0 Å². The number of hydrogen-bond donors (Lipinski definition) is 2. The second-order valence-electron chi connectivity index (χ2n) is 8.54. The summed E-state index contributed by atoms with van der Waals surface area (Å²) in [7, 11) is 0. The summed E-state index contributed by atoms with van der Waals surface area (Å²) in [6.07, 6.45) is 0. The smallest absolute Gasteiger partial charge is 0.255 e. The quantitative estimate of drug-likeness (QED) is 0.424. The van der Waals surface area contributed by atoms with Crippen LogP contribution < -0.4 is 15.4 Å². The lowest BCUT2D eigenvalue weighted by Crippen LogP contribution is -2.32. The van der Waals surface area contributed by atoms with E-state index in [9.17, 15) is 4.79 Å². The number of allylic oxidation sites excluding steroid dienone is 1. The van der Waals surface area contributed by atoms with E-state index >= 15 is 0 Å². The molecule has 0 saturated carbocycles. The molecule has 0 fully saturated rings. The zero-order valence-corrected chi connectivity index (χ0v) is 19.8. The molecule has 4 aromatic rings. The number of fused-ring (bicyclic) bond motifs is 1. The number of hydrogen-bond acceptors (Lipinski definition) is 6. The number of ether oxygens (including phenoxy) is 1. The number of tetrazole rings is 1. The van der Waals surface area contributed by atoms with Crippen molar-refractivity contribution in [1.82, 2.24) is 20.2 Å². The van der Waals surface area contributed by atoms with Gasteiger partial charge >= 0.3 is 0 Å².